The first-order chi connectivity index (χ1) is 13.6. The van der Waals surface area contributed by atoms with E-state index in [1.807, 2.05) is 0 Å². The van der Waals surface area contributed by atoms with Crippen molar-refractivity contribution in [2.45, 2.75) is 122 Å². The second-order valence-corrected chi connectivity index (χ2v) is 8.86. The van der Waals surface area contributed by atoms with Gasteiger partial charge in [0.25, 0.3) is 0 Å². The van der Waals surface area contributed by atoms with Crippen molar-refractivity contribution in [3.63, 3.8) is 0 Å². The van der Waals surface area contributed by atoms with Crippen LogP contribution >= 0.6 is 0 Å². The van der Waals surface area contributed by atoms with Crippen molar-refractivity contribution in [1.29, 1.82) is 0 Å². The van der Waals surface area contributed by atoms with Crippen molar-refractivity contribution in [2.75, 3.05) is 0 Å². The number of carboxylic acids is 2. The Labute approximate surface area is 172 Å². The summed E-state index contributed by atoms with van der Waals surface area (Å²) in [5.74, 6) is -0.933. The summed E-state index contributed by atoms with van der Waals surface area (Å²) in [6.07, 6.45) is 21.1. The molecule has 0 aliphatic heterocycles. The minimum Gasteiger partial charge on any atom is -0.481 e. The minimum absolute atomic E-state index is 0.165. The molecule has 28 heavy (non-hydrogen) atoms. The average molecular weight is 397 g/mol. The molecular weight excluding hydrogens is 352 g/mol. The molecule has 0 aromatic carbocycles. The van der Waals surface area contributed by atoms with Gasteiger partial charge in [-0.3, -0.25) is 9.59 Å². The van der Waals surface area contributed by atoms with Crippen LogP contribution < -0.4 is 0 Å². The summed E-state index contributed by atoms with van der Waals surface area (Å²) in [6.45, 7) is 2.26. The van der Waals surface area contributed by atoms with E-state index in [-0.39, 0.29) is 12.3 Å². The van der Waals surface area contributed by atoms with Crippen molar-refractivity contribution < 1.29 is 19.8 Å². The Morgan fingerprint density at radius 3 is 1.39 bits per heavy atom. The number of rotatable bonds is 20. The lowest BCUT2D eigenvalue weighted by atomic mass is 10.0. The Balaban J connectivity index is 1.93. The van der Waals surface area contributed by atoms with Gasteiger partial charge in [0, 0.05) is 6.42 Å². The van der Waals surface area contributed by atoms with Gasteiger partial charge in [0.1, 0.15) is 0 Å². The van der Waals surface area contributed by atoms with Crippen LogP contribution in [0.2, 0.25) is 0 Å². The summed E-state index contributed by atoms with van der Waals surface area (Å²) >= 11 is 0. The summed E-state index contributed by atoms with van der Waals surface area (Å²) in [5.41, 5.74) is 0. The third-order valence-electron chi connectivity index (χ3n) is 6.44. The van der Waals surface area contributed by atoms with E-state index < -0.39 is 11.9 Å². The highest BCUT2D eigenvalue weighted by molar-refractivity contribution is 5.74. The number of aliphatic carboxylic acids is 2. The third-order valence-corrected chi connectivity index (χ3v) is 6.44. The van der Waals surface area contributed by atoms with Crippen LogP contribution in [0, 0.1) is 17.8 Å². The van der Waals surface area contributed by atoms with Crippen LogP contribution in [0.1, 0.15) is 122 Å². The molecule has 1 fully saturated rings. The smallest absolute Gasteiger partial charge is 0.307 e. The topological polar surface area (TPSA) is 74.6 Å². The highest BCUT2D eigenvalue weighted by Gasteiger charge is 2.53. The molecule has 4 heteroatoms. The molecule has 0 radical (unpaired) electrons. The molecule has 1 aliphatic rings. The third kappa shape index (κ3) is 11.7. The summed E-state index contributed by atoms with van der Waals surface area (Å²) in [7, 11) is 0. The van der Waals surface area contributed by atoms with E-state index in [1.165, 1.54) is 77.0 Å². The first-order valence-corrected chi connectivity index (χ1v) is 12.0. The summed E-state index contributed by atoms with van der Waals surface area (Å²) in [4.78, 5) is 21.9. The second kappa shape index (κ2) is 15.8. The zero-order chi connectivity index (χ0) is 20.6. The molecule has 0 bridgehead atoms. The predicted molar refractivity (Wildman–Crippen MR) is 115 cm³/mol. The maximum absolute atomic E-state index is 11.4. The fraction of sp³-hybridized carbons (Fsp3) is 0.917. The van der Waals surface area contributed by atoms with Crippen molar-refractivity contribution in [1.82, 2.24) is 0 Å². The number of carbonyl (C=O) groups is 2. The highest BCUT2D eigenvalue weighted by Crippen LogP contribution is 2.52. The standard InChI is InChI=1S/C24H44O4/c1-2-3-4-5-6-7-8-9-10-11-12-13-14-17-20-21(23(20)24(27)28)18-15-16-19-22(25)26/h20-21,23H,2-19H2,1H3,(H,25,26)(H,27,28). The number of carboxylic acid groups (broad SMARTS) is 2. The van der Waals surface area contributed by atoms with Gasteiger partial charge in [-0.15, -0.1) is 0 Å². The van der Waals surface area contributed by atoms with Crippen LogP contribution in [0.15, 0.2) is 0 Å². The maximum atomic E-state index is 11.4. The van der Waals surface area contributed by atoms with Crippen LogP contribution in [-0.4, -0.2) is 22.2 Å². The van der Waals surface area contributed by atoms with Gasteiger partial charge in [0.05, 0.1) is 5.92 Å². The molecule has 0 spiro atoms. The average Bonchev–Trinajstić information content (AvgIpc) is 3.35. The first-order valence-electron chi connectivity index (χ1n) is 12.0. The van der Waals surface area contributed by atoms with Crippen LogP contribution in [0.3, 0.4) is 0 Å². The normalized spacial score (nSPS) is 21.0. The van der Waals surface area contributed by atoms with Crippen molar-refractivity contribution in [2.24, 2.45) is 17.8 Å². The quantitative estimate of drug-likeness (QED) is 0.216. The molecular formula is C24H44O4. The van der Waals surface area contributed by atoms with Crippen LogP contribution in [-0.2, 0) is 9.59 Å². The van der Waals surface area contributed by atoms with Crippen molar-refractivity contribution in [3.05, 3.63) is 0 Å². The lowest BCUT2D eigenvalue weighted by Gasteiger charge is -2.03. The number of hydrogen-bond donors (Lipinski definition) is 2. The molecule has 0 aromatic heterocycles. The Morgan fingerprint density at radius 2 is 1.00 bits per heavy atom. The molecule has 0 heterocycles. The van der Waals surface area contributed by atoms with Gasteiger partial charge < -0.3 is 10.2 Å². The van der Waals surface area contributed by atoms with Crippen molar-refractivity contribution >= 4 is 11.9 Å². The number of unbranched alkanes of at least 4 members (excludes halogenated alkanes) is 13. The Hall–Kier alpha value is -1.06. The first kappa shape index (κ1) is 25.0. The van der Waals surface area contributed by atoms with Crippen molar-refractivity contribution in [3.8, 4) is 0 Å². The molecule has 1 rings (SSSR count). The van der Waals surface area contributed by atoms with Gasteiger partial charge in [-0.1, -0.05) is 96.8 Å². The minimum atomic E-state index is -0.755. The molecule has 164 valence electrons. The lowest BCUT2D eigenvalue weighted by molar-refractivity contribution is -0.139. The van der Waals surface area contributed by atoms with E-state index in [0.29, 0.717) is 18.3 Å². The molecule has 3 atom stereocenters. The lowest BCUT2D eigenvalue weighted by Crippen LogP contribution is -2.01. The monoisotopic (exact) mass is 396 g/mol. The highest BCUT2D eigenvalue weighted by atomic mass is 16.4. The Morgan fingerprint density at radius 1 is 0.607 bits per heavy atom. The maximum Gasteiger partial charge on any atom is 0.307 e. The Bertz CT molecular complexity index is 421. The second-order valence-electron chi connectivity index (χ2n) is 8.86. The molecule has 4 nitrogen and oxygen atoms in total. The zero-order valence-electron chi connectivity index (χ0n) is 18.2. The SMILES string of the molecule is CCCCCCCCCCCCCCCC1C(CCCCC(=O)O)C1C(=O)O. The van der Waals surface area contributed by atoms with E-state index in [1.54, 1.807) is 0 Å². The molecule has 1 aliphatic carbocycles. The Kier molecular flexibility index (Phi) is 14.1. The van der Waals surface area contributed by atoms with Gasteiger partial charge in [-0.05, 0) is 31.1 Å². The van der Waals surface area contributed by atoms with E-state index in [0.717, 1.165) is 25.7 Å². The van der Waals surface area contributed by atoms with Gasteiger partial charge in [-0.25, -0.2) is 0 Å². The molecule has 0 saturated heterocycles. The van der Waals surface area contributed by atoms with E-state index >= 15 is 0 Å². The predicted octanol–water partition coefficient (Wildman–Crippen LogP) is 7.06. The van der Waals surface area contributed by atoms with E-state index in [4.69, 9.17) is 5.11 Å². The molecule has 1 saturated carbocycles. The largest absolute Gasteiger partial charge is 0.481 e. The fourth-order valence-corrected chi connectivity index (χ4v) is 4.65. The molecule has 0 amide bonds. The van der Waals surface area contributed by atoms with E-state index in [2.05, 4.69) is 6.92 Å². The summed E-state index contributed by atoms with van der Waals surface area (Å²) in [5, 5.41) is 18.0. The summed E-state index contributed by atoms with van der Waals surface area (Å²) < 4.78 is 0. The molecule has 3 unspecified atom stereocenters. The summed E-state index contributed by atoms with van der Waals surface area (Å²) in [6, 6.07) is 0. The number of hydrogen-bond acceptors (Lipinski definition) is 2. The van der Waals surface area contributed by atoms with Crippen LogP contribution in [0.5, 0.6) is 0 Å². The fourth-order valence-electron chi connectivity index (χ4n) is 4.65. The van der Waals surface area contributed by atoms with Crippen LogP contribution in [0.4, 0.5) is 0 Å². The zero-order valence-corrected chi connectivity index (χ0v) is 18.2. The van der Waals surface area contributed by atoms with Gasteiger partial charge >= 0.3 is 11.9 Å². The molecule has 0 aromatic rings. The van der Waals surface area contributed by atoms with Gasteiger partial charge in [-0.2, -0.15) is 0 Å². The van der Waals surface area contributed by atoms with Crippen LogP contribution in [0.25, 0.3) is 0 Å². The molecule has 2 N–H and O–H groups in total. The van der Waals surface area contributed by atoms with Gasteiger partial charge in [0.2, 0.25) is 0 Å². The van der Waals surface area contributed by atoms with E-state index in [9.17, 15) is 14.7 Å². The van der Waals surface area contributed by atoms with Gasteiger partial charge in [0.15, 0.2) is 0 Å².